The summed E-state index contributed by atoms with van der Waals surface area (Å²) in [6.07, 6.45) is 7.44. The average molecular weight is 428 g/mol. The van der Waals surface area contributed by atoms with Crippen molar-refractivity contribution in [1.82, 2.24) is 10.3 Å². The SMILES string of the molecule is CCC1(c2cccc(N(C)c3cccnc3)c2)C2=CN=NC2NC2=C1C(=O)CC(C)(C)C2. The van der Waals surface area contributed by atoms with E-state index in [0.717, 1.165) is 46.6 Å². The molecule has 2 aromatic rings. The van der Waals surface area contributed by atoms with Gasteiger partial charge in [0.25, 0.3) is 0 Å². The number of azo groups is 1. The van der Waals surface area contributed by atoms with E-state index in [9.17, 15) is 4.79 Å². The van der Waals surface area contributed by atoms with Crippen molar-refractivity contribution in [2.45, 2.75) is 51.6 Å². The Kier molecular flexibility index (Phi) is 4.77. The zero-order valence-corrected chi connectivity index (χ0v) is 19.1. The molecule has 2 aliphatic heterocycles. The minimum Gasteiger partial charge on any atom is -0.362 e. The quantitative estimate of drug-likeness (QED) is 0.707. The van der Waals surface area contributed by atoms with Crippen molar-refractivity contribution < 1.29 is 4.79 Å². The van der Waals surface area contributed by atoms with Crippen LogP contribution in [0.1, 0.15) is 45.6 Å². The van der Waals surface area contributed by atoms with Crippen LogP contribution < -0.4 is 10.2 Å². The summed E-state index contributed by atoms with van der Waals surface area (Å²) in [6.45, 7) is 6.49. The van der Waals surface area contributed by atoms with Crippen LogP contribution in [0.2, 0.25) is 0 Å². The lowest BCUT2D eigenvalue weighted by Gasteiger charge is -2.48. The van der Waals surface area contributed by atoms with Crippen LogP contribution in [0.4, 0.5) is 11.4 Å². The van der Waals surface area contributed by atoms with Gasteiger partial charge in [0, 0.05) is 42.2 Å². The lowest BCUT2D eigenvalue weighted by molar-refractivity contribution is -0.119. The first-order valence-corrected chi connectivity index (χ1v) is 11.2. The molecule has 0 saturated heterocycles. The Morgan fingerprint density at radius 1 is 1.16 bits per heavy atom. The number of pyridine rings is 1. The number of allylic oxidation sites excluding steroid dienone is 2. The van der Waals surface area contributed by atoms with Gasteiger partial charge in [-0.2, -0.15) is 10.2 Å². The molecular weight excluding hydrogens is 398 g/mol. The molecule has 3 aliphatic rings. The van der Waals surface area contributed by atoms with Crippen LogP contribution in [0.3, 0.4) is 0 Å². The Morgan fingerprint density at radius 2 is 1.97 bits per heavy atom. The van der Waals surface area contributed by atoms with Crippen molar-refractivity contribution >= 4 is 17.2 Å². The van der Waals surface area contributed by atoms with Gasteiger partial charge in [0.15, 0.2) is 11.9 Å². The number of hydrogen-bond donors (Lipinski definition) is 1. The minimum atomic E-state index is -0.534. The van der Waals surface area contributed by atoms with Crippen molar-refractivity contribution in [3.05, 3.63) is 77.4 Å². The normalized spacial score (nSPS) is 25.7. The number of carbonyl (C=O) groups excluding carboxylic acids is 1. The maximum absolute atomic E-state index is 13.6. The number of anilines is 2. The minimum absolute atomic E-state index is 0.0677. The van der Waals surface area contributed by atoms with Crippen LogP contribution in [-0.4, -0.2) is 24.0 Å². The van der Waals surface area contributed by atoms with Gasteiger partial charge >= 0.3 is 0 Å². The third-order valence-electron chi connectivity index (χ3n) is 7.07. The Balaban J connectivity index is 1.68. The van der Waals surface area contributed by atoms with E-state index in [0.29, 0.717) is 6.42 Å². The highest BCUT2D eigenvalue weighted by molar-refractivity contribution is 6.01. The fourth-order valence-electron chi connectivity index (χ4n) is 5.57. The van der Waals surface area contributed by atoms with E-state index < -0.39 is 5.41 Å². The third-order valence-corrected chi connectivity index (χ3v) is 7.07. The zero-order chi connectivity index (χ0) is 22.5. The van der Waals surface area contributed by atoms with E-state index in [4.69, 9.17) is 0 Å². The largest absolute Gasteiger partial charge is 0.362 e. The van der Waals surface area contributed by atoms with Crippen molar-refractivity contribution in [3.63, 3.8) is 0 Å². The molecule has 1 N–H and O–H groups in total. The van der Waals surface area contributed by atoms with Gasteiger partial charge in [-0.25, -0.2) is 0 Å². The molecule has 164 valence electrons. The second-order valence-corrected chi connectivity index (χ2v) is 9.74. The van der Waals surface area contributed by atoms with Crippen molar-refractivity contribution in [2.75, 3.05) is 11.9 Å². The number of rotatable bonds is 4. The van der Waals surface area contributed by atoms with Crippen LogP contribution in [0.25, 0.3) is 0 Å². The Morgan fingerprint density at radius 3 is 2.72 bits per heavy atom. The average Bonchev–Trinajstić information content (AvgIpc) is 3.25. The van der Waals surface area contributed by atoms with Crippen LogP contribution in [0.15, 0.2) is 82.1 Å². The summed E-state index contributed by atoms with van der Waals surface area (Å²) in [7, 11) is 2.04. The second-order valence-electron chi connectivity index (χ2n) is 9.74. The standard InChI is InChI=1S/C26H29N5O/c1-5-26(17-8-6-9-18(12-17)31(4)19-10-7-11-27-15-19)20-16-28-30-24(20)29-21-13-25(2,3)14-22(32)23(21)26/h6-12,15-16,24,29H,5,13-14H2,1-4H3. The highest BCUT2D eigenvalue weighted by atomic mass is 16.1. The number of Topliss-reactive ketones (excluding diaryl/α,β-unsaturated/α-hetero) is 1. The molecule has 3 heterocycles. The van der Waals surface area contributed by atoms with Gasteiger partial charge in [0.05, 0.1) is 23.5 Å². The molecule has 5 rings (SSSR count). The maximum Gasteiger partial charge on any atom is 0.164 e. The van der Waals surface area contributed by atoms with E-state index >= 15 is 0 Å². The van der Waals surface area contributed by atoms with Gasteiger partial charge in [-0.1, -0.05) is 32.9 Å². The molecule has 1 aliphatic carbocycles. The number of nitrogens with one attached hydrogen (secondary N) is 1. The van der Waals surface area contributed by atoms with Gasteiger partial charge in [0.1, 0.15) is 0 Å². The molecule has 1 aromatic heterocycles. The first-order valence-electron chi connectivity index (χ1n) is 11.2. The summed E-state index contributed by atoms with van der Waals surface area (Å²) in [6, 6.07) is 12.5. The number of benzene rings is 1. The van der Waals surface area contributed by atoms with Gasteiger partial charge in [-0.3, -0.25) is 9.78 Å². The monoisotopic (exact) mass is 427 g/mol. The number of ketones is 1. The van der Waals surface area contributed by atoms with Gasteiger partial charge in [0.2, 0.25) is 0 Å². The van der Waals surface area contributed by atoms with E-state index in [-0.39, 0.29) is 17.4 Å². The number of carbonyl (C=O) groups is 1. The molecule has 1 aromatic carbocycles. The Labute approximate surface area is 189 Å². The molecule has 0 bridgehead atoms. The van der Waals surface area contributed by atoms with Crippen LogP contribution in [-0.2, 0) is 10.2 Å². The van der Waals surface area contributed by atoms with Crippen LogP contribution in [0.5, 0.6) is 0 Å². The number of hydrogen-bond acceptors (Lipinski definition) is 6. The van der Waals surface area contributed by atoms with Crippen molar-refractivity contribution in [1.29, 1.82) is 0 Å². The summed E-state index contributed by atoms with van der Waals surface area (Å²) in [5.74, 6) is 0.225. The lowest BCUT2D eigenvalue weighted by atomic mass is 9.59. The first kappa shape index (κ1) is 20.6. The molecule has 0 radical (unpaired) electrons. The zero-order valence-electron chi connectivity index (χ0n) is 19.1. The first-order chi connectivity index (χ1) is 15.4. The predicted octanol–water partition coefficient (Wildman–Crippen LogP) is 5.42. The molecule has 32 heavy (non-hydrogen) atoms. The third kappa shape index (κ3) is 3.08. The highest BCUT2D eigenvalue weighted by Crippen LogP contribution is 2.54. The molecule has 0 spiro atoms. The number of aromatic nitrogens is 1. The highest BCUT2D eigenvalue weighted by Gasteiger charge is 2.53. The lowest BCUT2D eigenvalue weighted by Crippen LogP contribution is -2.51. The molecule has 0 amide bonds. The van der Waals surface area contributed by atoms with Gasteiger partial charge in [-0.15, -0.1) is 0 Å². The molecule has 6 nitrogen and oxygen atoms in total. The molecular formula is C26H29N5O. The van der Waals surface area contributed by atoms with Crippen LogP contribution >= 0.6 is 0 Å². The fourth-order valence-corrected chi connectivity index (χ4v) is 5.57. The van der Waals surface area contributed by atoms with Crippen molar-refractivity contribution in [3.8, 4) is 0 Å². The summed E-state index contributed by atoms with van der Waals surface area (Å²) < 4.78 is 0. The molecule has 2 atom stereocenters. The topological polar surface area (TPSA) is 70.0 Å². The van der Waals surface area contributed by atoms with E-state index in [1.807, 2.05) is 31.6 Å². The van der Waals surface area contributed by atoms with E-state index in [1.54, 1.807) is 6.20 Å². The Bertz CT molecular complexity index is 1160. The summed E-state index contributed by atoms with van der Waals surface area (Å²) in [5, 5.41) is 12.3. The molecule has 0 saturated carbocycles. The summed E-state index contributed by atoms with van der Waals surface area (Å²) in [4.78, 5) is 20.0. The Hall–Kier alpha value is -3.28. The number of nitrogens with zero attached hydrogens (tertiary/aromatic N) is 4. The van der Waals surface area contributed by atoms with Crippen LogP contribution in [0, 0.1) is 5.41 Å². The predicted molar refractivity (Wildman–Crippen MR) is 126 cm³/mol. The molecule has 6 heteroatoms. The smallest absolute Gasteiger partial charge is 0.164 e. The summed E-state index contributed by atoms with van der Waals surface area (Å²) >= 11 is 0. The van der Waals surface area contributed by atoms with E-state index in [2.05, 4.69) is 70.5 Å². The second kappa shape index (κ2) is 7.40. The number of fused-ring (bicyclic) bond motifs is 1. The van der Waals surface area contributed by atoms with Gasteiger partial charge in [-0.05, 0) is 48.1 Å². The van der Waals surface area contributed by atoms with Crippen molar-refractivity contribution in [2.24, 2.45) is 15.6 Å². The maximum atomic E-state index is 13.6. The molecule has 0 fully saturated rings. The summed E-state index contributed by atoms with van der Waals surface area (Å²) in [5.41, 5.74) is 5.57. The van der Waals surface area contributed by atoms with Gasteiger partial charge < -0.3 is 10.2 Å². The fraction of sp³-hybridized carbons (Fsp3) is 0.385. The molecule has 2 unspecified atom stereocenters. The van der Waals surface area contributed by atoms with E-state index in [1.165, 1.54) is 0 Å².